The van der Waals surface area contributed by atoms with Crippen molar-refractivity contribution in [3.63, 3.8) is 0 Å². The number of hydrogen-bond acceptors (Lipinski definition) is 3. The fourth-order valence-corrected chi connectivity index (χ4v) is 3.50. The highest BCUT2D eigenvalue weighted by molar-refractivity contribution is 5.67. The van der Waals surface area contributed by atoms with Crippen LogP contribution < -0.4 is 5.32 Å². The van der Waals surface area contributed by atoms with Crippen LogP contribution in [0.1, 0.15) is 17.0 Å². The zero-order valence-electron chi connectivity index (χ0n) is 14.4. The monoisotopic (exact) mass is 320 g/mol. The van der Waals surface area contributed by atoms with Crippen LogP contribution in [0.5, 0.6) is 0 Å². The van der Waals surface area contributed by atoms with E-state index in [1.54, 1.807) is 0 Å². The van der Waals surface area contributed by atoms with Crippen LogP contribution in [0, 0.1) is 13.8 Å². The zero-order chi connectivity index (χ0) is 16.5. The van der Waals surface area contributed by atoms with Crippen LogP contribution in [0.15, 0.2) is 42.5 Å². The molecule has 0 bridgehead atoms. The van der Waals surface area contributed by atoms with Crippen LogP contribution in [0.25, 0.3) is 16.9 Å². The number of nitrogens with zero attached hydrogens (tertiary/aromatic N) is 3. The lowest BCUT2D eigenvalue weighted by atomic mass is 10.1. The van der Waals surface area contributed by atoms with Gasteiger partial charge in [-0.2, -0.15) is 0 Å². The fourth-order valence-electron chi connectivity index (χ4n) is 3.50. The average molecular weight is 320 g/mol. The van der Waals surface area contributed by atoms with E-state index in [0.717, 1.165) is 44.1 Å². The summed E-state index contributed by atoms with van der Waals surface area (Å²) in [5.74, 6) is 0. The first-order valence-electron chi connectivity index (χ1n) is 8.69. The summed E-state index contributed by atoms with van der Waals surface area (Å²) in [5.41, 5.74) is 7.17. The predicted molar refractivity (Wildman–Crippen MR) is 98.2 cm³/mol. The summed E-state index contributed by atoms with van der Waals surface area (Å²) in [5, 5.41) is 3.43. The molecule has 0 atom stereocenters. The van der Waals surface area contributed by atoms with Crippen molar-refractivity contribution in [2.75, 3.05) is 26.2 Å². The van der Waals surface area contributed by atoms with Gasteiger partial charge < -0.3 is 5.32 Å². The van der Waals surface area contributed by atoms with Crippen molar-refractivity contribution < 1.29 is 0 Å². The lowest BCUT2D eigenvalue weighted by molar-refractivity contribution is 0.230. The molecule has 1 aliphatic heterocycles. The van der Waals surface area contributed by atoms with Crippen molar-refractivity contribution in [2.24, 2.45) is 0 Å². The second-order valence-electron chi connectivity index (χ2n) is 6.66. The number of imidazole rings is 1. The Balaban J connectivity index is 1.83. The normalized spacial score (nSPS) is 15.9. The van der Waals surface area contributed by atoms with Gasteiger partial charge in [-0.25, -0.2) is 4.98 Å². The molecule has 1 fully saturated rings. The largest absolute Gasteiger partial charge is 0.314 e. The number of pyridine rings is 1. The van der Waals surface area contributed by atoms with E-state index in [4.69, 9.17) is 4.98 Å². The van der Waals surface area contributed by atoms with Gasteiger partial charge in [0.1, 0.15) is 5.65 Å². The molecule has 24 heavy (non-hydrogen) atoms. The first-order valence-corrected chi connectivity index (χ1v) is 8.69. The van der Waals surface area contributed by atoms with E-state index >= 15 is 0 Å². The molecule has 4 heteroatoms. The second-order valence-corrected chi connectivity index (χ2v) is 6.66. The maximum Gasteiger partial charge on any atom is 0.137 e. The van der Waals surface area contributed by atoms with Gasteiger partial charge in [-0.05, 0) is 26.0 Å². The minimum atomic E-state index is 0.941. The van der Waals surface area contributed by atoms with Crippen molar-refractivity contribution >= 4 is 5.65 Å². The van der Waals surface area contributed by atoms with Gasteiger partial charge in [0.25, 0.3) is 0 Å². The number of aromatic nitrogens is 2. The van der Waals surface area contributed by atoms with Crippen LogP contribution in [-0.2, 0) is 6.54 Å². The Hall–Kier alpha value is -2.17. The van der Waals surface area contributed by atoms with Crippen molar-refractivity contribution in [3.05, 3.63) is 59.4 Å². The van der Waals surface area contributed by atoms with Gasteiger partial charge in [-0.1, -0.05) is 35.9 Å². The van der Waals surface area contributed by atoms with Crippen LogP contribution in [0.3, 0.4) is 0 Å². The molecule has 0 radical (unpaired) electrons. The molecule has 1 N–H and O–H groups in total. The molecule has 3 heterocycles. The number of fused-ring (bicyclic) bond motifs is 1. The van der Waals surface area contributed by atoms with Gasteiger partial charge in [0, 0.05) is 44.0 Å². The smallest absolute Gasteiger partial charge is 0.137 e. The van der Waals surface area contributed by atoms with Crippen molar-refractivity contribution in [3.8, 4) is 11.3 Å². The molecule has 0 unspecified atom stereocenters. The first-order chi connectivity index (χ1) is 11.7. The summed E-state index contributed by atoms with van der Waals surface area (Å²) < 4.78 is 2.32. The summed E-state index contributed by atoms with van der Waals surface area (Å²) in [6.07, 6.45) is 0. The highest BCUT2D eigenvalue weighted by Gasteiger charge is 2.19. The number of rotatable bonds is 3. The number of piperazine rings is 1. The van der Waals surface area contributed by atoms with Gasteiger partial charge >= 0.3 is 0 Å². The van der Waals surface area contributed by atoms with Crippen molar-refractivity contribution in [2.45, 2.75) is 20.4 Å². The lowest BCUT2D eigenvalue weighted by Crippen LogP contribution is -2.43. The average Bonchev–Trinajstić information content (AvgIpc) is 2.96. The van der Waals surface area contributed by atoms with E-state index < -0.39 is 0 Å². The first kappa shape index (κ1) is 15.4. The van der Waals surface area contributed by atoms with E-state index in [0.29, 0.717) is 0 Å². The molecular weight excluding hydrogens is 296 g/mol. The third kappa shape index (κ3) is 2.83. The molecule has 0 saturated carbocycles. The van der Waals surface area contributed by atoms with Gasteiger partial charge in [0.15, 0.2) is 0 Å². The number of benzene rings is 1. The third-order valence-electron chi connectivity index (χ3n) is 4.84. The Bertz CT molecular complexity index is 842. The fraction of sp³-hybridized carbons (Fsp3) is 0.350. The summed E-state index contributed by atoms with van der Waals surface area (Å²) in [4.78, 5) is 7.48. The third-order valence-corrected chi connectivity index (χ3v) is 4.84. The summed E-state index contributed by atoms with van der Waals surface area (Å²) >= 11 is 0. The van der Waals surface area contributed by atoms with Crippen LogP contribution >= 0.6 is 0 Å². The Kier molecular flexibility index (Phi) is 4.08. The second kappa shape index (κ2) is 6.38. The van der Waals surface area contributed by atoms with Crippen LogP contribution in [0.4, 0.5) is 0 Å². The van der Waals surface area contributed by atoms with Crippen LogP contribution in [-0.4, -0.2) is 40.5 Å². The van der Waals surface area contributed by atoms with E-state index in [1.807, 2.05) is 0 Å². The highest BCUT2D eigenvalue weighted by atomic mass is 15.2. The van der Waals surface area contributed by atoms with E-state index in [2.05, 4.69) is 70.9 Å². The maximum absolute atomic E-state index is 4.96. The van der Waals surface area contributed by atoms with E-state index in [1.165, 1.54) is 22.5 Å². The molecule has 1 aromatic carbocycles. The molecule has 1 saturated heterocycles. The van der Waals surface area contributed by atoms with Gasteiger partial charge in [-0.15, -0.1) is 0 Å². The molecule has 4 rings (SSSR count). The van der Waals surface area contributed by atoms with E-state index in [9.17, 15) is 0 Å². The lowest BCUT2D eigenvalue weighted by Gasteiger charge is -2.27. The van der Waals surface area contributed by atoms with Gasteiger partial charge in [0.05, 0.1) is 11.4 Å². The zero-order valence-corrected chi connectivity index (χ0v) is 14.4. The molecular formula is C20H24N4. The molecule has 0 aliphatic carbocycles. The SMILES string of the molecule is Cc1ccc(-c2nc3cccc(C)n3c2CN2CCNCC2)cc1. The quantitative estimate of drug-likeness (QED) is 0.805. The minimum absolute atomic E-state index is 0.941. The van der Waals surface area contributed by atoms with Crippen LogP contribution in [0.2, 0.25) is 0 Å². The Morgan fingerprint density at radius 2 is 1.75 bits per heavy atom. The minimum Gasteiger partial charge on any atom is -0.314 e. The number of aryl methyl sites for hydroxylation is 2. The van der Waals surface area contributed by atoms with Crippen molar-refractivity contribution in [1.29, 1.82) is 0 Å². The molecule has 4 nitrogen and oxygen atoms in total. The van der Waals surface area contributed by atoms with Gasteiger partial charge in [0.2, 0.25) is 0 Å². The summed E-state index contributed by atoms with van der Waals surface area (Å²) in [6, 6.07) is 15.1. The Morgan fingerprint density at radius 3 is 2.50 bits per heavy atom. The van der Waals surface area contributed by atoms with Crippen molar-refractivity contribution in [1.82, 2.24) is 19.6 Å². The van der Waals surface area contributed by atoms with E-state index in [-0.39, 0.29) is 0 Å². The Morgan fingerprint density at radius 1 is 1.00 bits per heavy atom. The number of hydrogen-bond donors (Lipinski definition) is 1. The molecule has 0 amide bonds. The topological polar surface area (TPSA) is 32.6 Å². The maximum atomic E-state index is 4.96. The highest BCUT2D eigenvalue weighted by Crippen LogP contribution is 2.27. The molecule has 124 valence electrons. The standard InChI is InChI=1S/C20H24N4/c1-15-6-8-17(9-7-15)20-18(14-23-12-10-21-11-13-23)24-16(2)4-3-5-19(24)22-20/h3-9,21H,10-14H2,1-2H3. The Labute approximate surface area is 143 Å². The van der Waals surface area contributed by atoms with Gasteiger partial charge in [-0.3, -0.25) is 9.30 Å². The molecule has 1 aliphatic rings. The number of nitrogens with one attached hydrogen (secondary N) is 1. The molecule has 2 aromatic heterocycles. The summed E-state index contributed by atoms with van der Waals surface area (Å²) in [7, 11) is 0. The summed E-state index contributed by atoms with van der Waals surface area (Å²) in [6.45, 7) is 9.54. The molecule has 0 spiro atoms. The molecule has 3 aromatic rings. The predicted octanol–water partition coefficient (Wildman–Crippen LogP) is 3.02.